The van der Waals surface area contributed by atoms with E-state index in [1.807, 2.05) is 30.3 Å². The van der Waals surface area contributed by atoms with Crippen molar-refractivity contribution in [3.8, 4) is 0 Å². The van der Waals surface area contributed by atoms with Crippen molar-refractivity contribution in [2.45, 2.75) is 19.8 Å². The molecule has 16 heavy (non-hydrogen) atoms. The SMILES string of the molecule is CCOC(=O)CC(CF)Cc1ccccc1. The molecule has 2 nitrogen and oxygen atoms in total. The van der Waals surface area contributed by atoms with Gasteiger partial charge in [0.15, 0.2) is 0 Å². The molecule has 0 amide bonds. The number of benzene rings is 1. The van der Waals surface area contributed by atoms with Crippen LogP contribution in [0.25, 0.3) is 0 Å². The van der Waals surface area contributed by atoms with E-state index in [9.17, 15) is 9.18 Å². The van der Waals surface area contributed by atoms with Gasteiger partial charge in [-0.2, -0.15) is 0 Å². The molecule has 88 valence electrons. The lowest BCUT2D eigenvalue weighted by Crippen LogP contribution is -2.15. The molecule has 0 spiro atoms. The summed E-state index contributed by atoms with van der Waals surface area (Å²) in [7, 11) is 0. The minimum atomic E-state index is -0.492. The molecule has 1 aromatic carbocycles. The quantitative estimate of drug-likeness (QED) is 0.694. The van der Waals surface area contributed by atoms with E-state index in [4.69, 9.17) is 4.74 Å². The maximum Gasteiger partial charge on any atom is 0.306 e. The van der Waals surface area contributed by atoms with Gasteiger partial charge in [-0.3, -0.25) is 9.18 Å². The third-order valence-electron chi connectivity index (χ3n) is 2.35. The van der Waals surface area contributed by atoms with Gasteiger partial charge in [-0.05, 0) is 18.9 Å². The van der Waals surface area contributed by atoms with Crippen LogP contribution in [0.2, 0.25) is 0 Å². The van der Waals surface area contributed by atoms with E-state index in [0.717, 1.165) is 5.56 Å². The zero-order chi connectivity index (χ0) is 11.8. The van der Waals surface area contributed by atoms with Gasteiger partial charge < -0.3 is 4.74 Å². The molecule has 3 heteroatoms. The first-order valence-electron chi connectivity index (χ1n) is 5.51. The van der Waals surface area contributed by atoms with Gasteiger partial charge in [0.25, 0.3) is 0 Å². The number of carbonyl (C=O) groups excluding carboxylic acids is 1. The van der Waals surface area contributed by atoms with Crippen LogP contribution in [0.5, 0.6) is 0 Å². The van der Waals surface area contributed by atoms with E-state index in [-0.39, 0.29) is 18.3 Å². The van der Waals surface area contributed by atoms with Crippen LogP contribution >= 0.6 is 0 Å². The standard InChI is InChI=1S/C13H17FO2/c1-2-16-13(15)9-12(10-14)8-11-6-4-3-5-7-11/h3-7,12H,2,8-10H2,1H3. The van der Waals surface area contributed by atoms with E-state index in [1.54, 1.807) is 6.92 Å². The predicted octanol–water partition coefficient (Wildman–Crippen LogP) is 2.77. The Balaban J connectivity index is 2.46. The summed E-state index contributed by atoms with van der Waals surface area (Å²) in [6.07, 6.45) is 0.732. The topological polar surface area (TPSA) is 26.3 Å². The van der Waals surface area contributed by atoms with E-state index in [1.165, 1.54) is 0 Å². The molecule has 0 heterocycles. The minimum Gasteiger partial charge on any atom is -0.466 e. The number of carbonyl (C=O) groups is 1. The summed E-state index contributed by atoms with van der Waals surface area (Å²) in [5.74, 6) is -0.595. The fourth-order valence-corrected chi connectivity index (χ4v) is 1.58. The number of hydrogen-bond acceptors (Lipinski definition) is 2. The van der Waals surface area contributed by atoms with Gasteiger partial charge in [-0.25, -0.2) is 0 Å². The van der Waals surface area contributed by atoms with Crippen molar-refractivity contribution in [2.75, 3.05) is 13.3 Å². The van der Waals surface area contributed by atoms with Crippen molar-refractivity contribution in [3.63, 3.8) is 0 Å². The van der Waals surface area contributed by atoms with Gasteiger partial charge in [0.2, 0.25) is 0 Å². The minimum absolute atomic E-state index is 0.152. The highest BCUT2D eigenvalue weighted by molar-refractivity contribution is 5.69. The van der Waals surface area contributed by atoms with E-state index in [0.29, 0.717) is 13.0 Å². The largest absolute Gasteiger partial charge is 0.466 e. The van der Waals surface area contributed by atoms with Crippen molar-refractivity contribution >= 4 is 5.97 Å². The summed E-state index contributed by atoms with van der Waals surface area (Å²) in [6.45, 7) is 1.61. The Morgan fingerprint density at radius 2 is 2.06 bits per heavy atom. The Morgan fingerprint density at radius 3 is 2.62 bits per heavy atom. The van der Waals surface area contributed by atoms with Gasteiger partial charge in [0, 0.05) is 5.92 Å². The molecule has 0 radical (unpaired) electrons. The van der Waals surface area contributed by atoms with Crippen molar-refractivity contribution in [1.82, 2.24) is 0 Å². The number of esters is 1. The molecule has 1 rings (SSSR count). The van der Waals surface area contributed by atoms with Crippen LogP contribution in [0.1, 0.15) is 18.9 Å². The monoisotopic (exact) mass is 224 g/mol. The van der Waals surface area contributed by atoms with Crippen molar-refractivity contribution in [1.29, 1.82) is 0 Å². The Bertz CT molecular complexity index is 311. The fraction of sp³-hybridized carbons (Fsp3) is 0.462. The number of halogens is 1. The first kappa shape index (κ1) is 12.7. The Hall–Kier alpha value is -1.38. The van der Waals surface area contributed by atoms with Crippen molar-refractivity contribution in [2.24, 2.45) is 5.92 Å². The molecule has 0 saturated heterocycles. The second kappa shape index (κ2) is 6.99. The Kier molecular flexibility index (Phi) is 5.54. The Morgan fingerprint density at radius 1 is 1.38 bits per heavy atom. The highest BCUT2D eigenvalue weighted by atomic mass is 19.1. The van der Waals surface area contributed by atoms with Gasteiger partial charge in [0.1, 0.15) is 0 Å². The van der Waals surface area contributed by atoms with Crippen LogP contribution in [0, 0.1) is 5.92 Å². The van der Waals surface area contributed by atoms with Crippen LogP contribution in [-0.2, 0) is 16.0 Å². The summed E-state index contributed by atoms with van der Waals surface area (Å²) in [4.78, 5) is 11.2. The molecular weight excluding hydrogens is 207 g/mol. The van der Waals surface area contributed by atoms with Gasteiger partial charge in [-0.15, -0.1) is 0 Å². The highest BCUT2D eigenvalue weighted by Crippen LogP contribution is 2.13. The first-order chi connectivity index (χ1) is 7.76. The second-order valence-electron chi connectivity index (χ2n) is 3.72. The average molecular weight is 224 g/mol. The summed E-state index contributed by atoms with van der Waals surface area (Å²) < 4.78 is 17.5. The third kappa shape index (κ3) is 4.43. The zero-order valence-electron chi connectivity index (χ0n) is 9.49. The lowest BCUT2D eigenvalue weighted by atomic mass is 9.97. The molecule has 0 saturated carbocycles. The molecule has 0 aliphatic heterocycles. The zero-order valence-corrected chi connectivity index (χ0v) is 9.49. The third-order valence-corrected chi connectivity index (χ3v) is 2.35. The first-order valence-corrected chi connectivity index (χ1v) is 5.51. The molecule has 0 aliphatic rings. The molecule has 0 aromatic heterocycles. The molecule has 0 fully saturated rings. The van der Waals surface area contributed by atoms with Crippen LogP contribution in [0.15, 0.2) is 30.3 Å². The highest BCUT2D eigenvalue weighted by Gasteiger charge is 2.15. The van der Waals surface area contributed by atoms with Crippen LogP contribution in [0.3, 0.4) is 0 Å². The summed E-state index contributed by atoms with van der Waals surface area (Å²) in [5.41, 5.74) is 1.05. The molecular formula is C13H17FO2. The van der Waals surface area contributed by atoms with Gasteiger partial charge >= 0.3 is 5.97 Å². The van der Waals surface area contributed by atoms with Crippen molar-refractivity contribution < 1.29 is 13.9 Å². The normalized spacial score (nSPS) is 12.1. The van der Waals surface area contributed by atoms with E-state index >= 15 is 0 Å². The van der Waals surface area contributed by atoms with Crippen molar-refractivity contribution in [3.05, 3.63) is 35.9 Å². The lowest BCUT2D eigenvalue weighted by molar-refractivity contribution is -0.144. The molecule has 1 aromatic rings. The molecule has 0 bridgehead atoms. The van der Waals surface area contributed by atoms with Gasteiger partial charge in [-0.1, -0.05) is 30.3 Å². The smallest absolute Gasteiger partial charge is 0.306 e. The number of rotatable bonds is 6. The molecule has 0 N–H and O–H groups in total. The van der Waals surface area contributed by atoms with E-state index < -0.39 is 6.67 Å². The maximum absolute atomic E-state index is 12.7. The van der Waals surface area contributed by atoms with Gasteiger partial charge in [0.05, 0.1) is 19.7 Å². The Labute approximate surface area is 95.4 Å². The maximum atomic E-state index is 12.7. The molecule has 0 aliphatic carbocycles. The fourth-order valence-electron chi connectivity index (χ4n) is 1.58. The average Bonchev–Trinajstić information content (AvgIpc) is 2.30. The number of ether oxygens (including phenoxy) is 1. The number of hydrogen-bond donors (Lipinski definition) is 0. The number of alkyl halides is 1. The lowest BCUT2D eigenvalue weighted by Gasteiger charge is -2.12. The van der Waals surface area contributed by atoms with Crippen LogP contribution < -0.4 is 0 Å². The molecule has 1 unspecified atom stereocenters. The second-order valence-corrected chi connectivity index (χ2v) is 3.72. The molecule has 1 atom stereocenters. The summed E-state index contributed by atoms with van der Waals surface area (Å²) >= 11 is 0. The summed E-state index contributed by atoms with van der Waals surface area (Å²) in [5, 5.41) is 0. The van der Waals surface area contributed by atoms with E-state index in [2.05, 4.69) is 0 Å². The van der Waals surface area contributed by atoms with Crippen LogP contribution in [-0.4, -0.2) is 19.3 Å². The van der Waals surface area contributed by atoms with Crippen LogP contribution in [0.4, 0.5) is 4.39 Å². The summed E-state index contributed by atoms with van der Waals surface area (Å²) in [6, 6.07) is 9.62. The predicted molar refractivity (Wildman–Crippen MR) is 60.9 cm³/mol.